The van der Waals surface area contributed by atoms with Gasteiger partial charge in [-0.25, -0.2) is 4.39 Å². The highest BCUT2D eigenvalue weighted by Gasteiger charge is 2.34. The van der Waals surface area contributed by atoms with Crippen molar-refractivity contribution in [3.8, 4) is 5.75 Å². The highest BCUT2D eigenvalue weighted by molar-refractivity contribution is 5.33. The molecule has 11 heteroatoms. The van der Waals surface area contributed by atoms with E-state index in [4.69, 9.17) is 14.2 Å². The molecule has 2 unspecified atom stereocenters. The zero-order valence-corrected chi connectivity index (χ0v) is 21.3. The standard InChI is InChI=1S/C26H34FN5O5/c1-26(34,19-31-12-4-3-7-23(31)33)24-28-29-25(32(24)18-22-6-5-15-36-22)30(13-16-35-2)14-17-37-21-10-8-20(27)9-11-21/h3-4,7-12,22,34H,5-6,13-19H2,1-2H3. The van der Waals surface area contributed by atoms with E-state index in [2.05, 4.69) is 10.2 Å². The molecule has 0 spiro atoms. The molecule has 0 aliphatic carbocycles. The Balaban J connectivity index is 1.60. The summed E-state index contributed by atoms with van der Waals surface area (Å²) in [5.74, 6) is 1.13. The maximum Gasteiger partial charge on any atom is 0.250 e. The Morgan fingerprint density at radius 2 is 1.97 bits per heavy atom. The highest BCUT2D eigenvalue weighted by Crippen LogP contribution is 2.27. The average Bonchev–Trinajstić information content (AvgIpc) is 3.55. The van der Waals surface area contributed by atoms with Crippen LogP contribution in [0.15, 0.2) is 53.5 Å². The summed E-state index contributed by atoms with van der Waals surface area (Å²) in [6.07, 6.45) is 3.45. The van der Waals surface area contributed by atoms with Crippen molar-refractivity contribution in [2.75, 3.05) is 44.9 Å². The number of hydrogen-bond donors (Lipinski definition) is 1. The molecule has 200 valence electrons. The van der Waals surface area contributed by atoms with Gasteiger partial charge in [-0.1, -0.05) is 6.07 Å². The molecule has 0 bridgehead atoms. The van der Waals surface area contributed by atoms with E-state index >= 15 is 0 Å². The monoisotopic (exact) mass is 515 g/mol. The maximum atomic E-state index is 13.2. The minimum atomic E-state index is -1.48. The number of nitrogens with zero attached hydrogens (tertiary/aromatic N) is 5. The molecule has 1 saturated heterocycles. The molecule has 3 aromatic rings. The molecule has 1 aliphatic heterocycles. The Kier molecular flexibility index (Phi) is 8.91. The second-order valence-electron chi connectivity index (χ2n) is 9.29. The summed E-state index contributed by atoms with van der Waals surface area (Å²) in [6, 6.07) is 10.7. The van der Waals surface area contributed by atoms with Crippen molar-refractivity contribution in [3.05, 3.63) is 70.7 Å². The van der Waals surface area contributed by atoms with E-state index in [1.54, 1.807) is 44.5 Å². The Labute approximate surface area is 215 Å². The van der Waals surface area contributed by atoms with E-state index in [0.29, 0.717) is 57.0 Å². The summed E-state index contributed by atoms with van der Waals surface area (Å²) in [5, 5.41) is 20.4. The van der Waals surface area contributed by atoms with Crippen LogP contribution in [0.4, 0.5) is 10.3 Å². The Morgan fingerprint density at radius 1 is 1.19 bits per heavy atom. The molecule has 0 saturated carbocycles. The van der Waals surface area contributed by atoms with Crippen LogP contribution in [0.5, 0.6) is 5.75 Å². The lowest BCUT2D eigenvalue weighted by molar-refractivity contribution is 0.0207. The topological polar surface area (TPSA) is 104 Å². The third-order valence-electron chi connectivity index (χ3n) is 6.29. The van der Waals surface area contributed by atoms with E-state index in [9.17, 15) is 14.3 Å². The Morgan fingerprint density at radius 3 is 2.68 bits per heavy atom. The largest absolute Gasteiger partial charge is 0.492 e. The highest BCUT2D eigenvalue weighted by atomic mass is 19.1. The van der Waals surface area contributed by atoms with E-state index in [0.717, 1.165) is 12.8 Å². The summed E-state index contributed by atoms with van der Waals surface area (Å²) < 4.78 is 33.6. The van der Waals surface area contributed by atoms with Crippen molar-refractivity contribution in [2.24, 2.45) is 0 Å². The lowest BCUT2D eigenvalue weighted by atomic mass is 10.1. The molecule has 1 aromatic carbocycles. The average molecular weight is 516 g/mol. The van der Waals surface area contributed by atoms with Crippen LogP contribution < -0.4 is 15.2 Å². The summed E-state index contributed by atoms with van der Waals surface area (Å²) in [6.45, 7) is 4.50. The molecule has 1 N–H and O–H groups in total. The lowest BCUT2D eigenvalue weighted by Gasteiger charge is -2.28. The summed E-state index contributed by atoms with van der Waals surface area (Å²) in [7, 11) is 1.62. The molecule has 3 heterocycles. The van der Waals surface area contributed by atoms with Gasteiger partial charge in [0.05, 0.1) is 32.3 Å². The molecule has 0 radical (unpaired) electrons. The number of halogens is 1. The van der Waals surface area contributed by atoms with Gasteiger partial charge in [-0.05, 0) is 50.1 Å². The van der Waals surface area contributed by atoms with Crippen molar-refractivity contribution < 1.29 is 23.7 Å². The first-order chi connectivity index (χ1) is 17.9. The van der Waals surface area contributed by atoms with Crippen molar-refractivity contribution in [2.45, 2.75) is 44.6 Å². The number of aromatic nitrogens is 4. The third kappa shape index (κ3) is 6.94. The molecule has 1 aliphatic rings. The van der Waals surface area contributed by atoms with Gasteiger partial charge >= 0.3 is 0 Å². The number of hydrogen-bond acceptors (Lipinski definition) is 8. The first-order valence-corrected chi connectivity index (χ1v) is 12.4. The van der Waals surface area contributed by atoms with Gasteiger partial charge in [0.25, 0.3) is 5.56 Å². The van der Waals surface area contributed by atoms with Gasteiger partial charge < -0.3 is 28.8 Å². The zero-order chi connectivity index (χ0) is 26.3. The van der Waals surface area contributed by atoms with Gasteiger partial charge in [-0.2, -0.15) is 0 Å². The molecular formula is C26H34FN5O5. The van der Waals surface area contributed by atoms with Crippen molar-refractivity contribution >= 4 is 5.95 Å². The summed E-state index contributed by atoms with van der Waals surface area (Å²) >= 11 is 0. The lowest BCUT2D eigenvalue weighted by Crippen LogP contribution is -2.38. The predicted octanol–water partition coefficient (Wildman–Crippen LogP) is 2.20. The van der Waals surface area contributed by atoms with E-state index in [-0.39, 0.29) is 24.0 Å². The van der Waals surface area contributed by atoms with Crippen molar-refractivity contribution in [1.82, 2.24) is 19.3 Å². The molecule has 37 heavy (non-hydrogen) atoms. The van der Waals surface area contributed by atoms with Crippen LogP contribution in [0.2, 0.25) is 0 Å². The fraction of sp³-hybridized carbons (Fsp3) is 0.500. The third-order valence-corrected chi connectivity index (χ3v) is 6.29. The number of aliphatic hydroxyl groups is 1. The molecule has 2 atom stereocenters. The number of ether oxygens (including phenoxy) is 3. The molecular weight excluding hydrogens is 481 g/mol. The second kappa shape index (κ2) is 12.3. The van der Waals surface area contributed by atoms with Gasteiger partial charge in [0.2, 0.25) is 5.95 Å². The number of benzene rings is 1. The molecule has 2 aromatic heterocycles. The summed E-state index contributed by atoms with van der Waals surface area (Å²) in [5.41, 5.74) is -1.69. The smallest absolute Gasteiger partial charge is 0.250 e. The van der Waals surface area contributed by atoms with Gasteiger partial charge in [-0.3, -0.25) is 9.36 Å². The minimum absolute atomic E-state index is 0.0160. The SMILES string of the molecule is COCCN(CCOc1ccc(F)cc1)c1nnc(C(C)(O)Cn2ccccc2=O)n1CC1CCCO1. The molecule has 1 fully saturated rings. The van der Waals surface area contributed by atoms with Crippen LogP contribution in [0.3, 0.4) is 0 Å². The van der Waals surface area contributed by atoms with Crippen LogP contribution in [0.25, 0.3) is 0 Å². The first-order valence-electron chi connectivity index (χ1n) is 12.4. The second-order valence-corrected chi connectivity index (χ2v) is 9.29. The molecule has 0 amide bonds. The van der Waals surface area contributed by atoms with Gasteiger partial charge in [0.1, 0.15) is 23.8 Å². The summed E-state index contributed by atoms with van der Waals surface area (Å²) in [4.78, 5) is 14.3. The van der Waals surface area contributed by atoms with Crippen LogP contribution in [0, 0.1) is 5.82 Å². The van der Waals surface area contributed by atoms with Crippen LogP contribution in [0.1, 0.15) is 25.6 Å². The maximum absolute atomic E-state index is 13.2. The zero-order valence-electron chi connectivity index (χ0n) is 21.3. The number of rotatable bonds is 13. The number of methoxy groups -OCH3 is 1. The minimum Gasteiger partial charge on any atom is -0.492 e. The van der Waals surface area contributed by atoms with Crippen molar-refractivity contribution in [1.29, 1.82) is 0 Å². The quantitative estimate of drug-likeness (QED) is 0.370. The van der Waals surface area contributed by atoms with Gasteiger partial charge in [0.15, 0.2) is 5.82 Å². The Hall–Kier alpha value is -3.28. The molecule has 4 rings (SSSR count). The van der Waals surface area contributed by atoms with Crippen LogP contribution >= 0.6 is 0 Å². The predicted molar refractivity (Wildman–Crippen MR) is 135 cm³/mol. The van der Waals surface area contributed by atoms with E-state index < -0.39 is 5.60 Å². The van der Waals surface area contributed by atoms with E-state index in [1.807, 2.05) is 9.47 Å². The van der Waals surface area contributed by atoms with Crippen LogP contribution in [-0.2, 0) is 28.2 Å². The number of pyridine rings is 1. The van der Waals surface area contributed by atoms with Gasteiger partial charge in [0, 0.05) is 32.5 Å². The number of anilines is 1. The first kappa shape index (κ1) is 26.8. The van der Waals surface area contributed by atoms with Gasteiger partial charge in [-0.15, -0.1) is 10.2 Å². The van der Waals surface area contributed by atoms with Crippen LogP contribution in [-0.4, -0.2) is 70.6 Å². The van der Waals surface area contributed by atoms with E-state index in [1.165, 1.54) is 22.8 Å². The van der Waals surface area contributed by atoms with Crippen molar-refractivity contribution in [3.63, 3.8) is 0 Å². The fourth-order valence-electron chi connectivity index (χ4n) is 4.40. The molecule has 10 nitrogen and oxygen atoms in total. The Bertz CT molecular complexity index is 1190. The normalized spacial score (nSPS) is 17.0. The fourth-order valence-corrected chi connectivity index (χ4v) is 4.40.